The number of rotatable bonds is 13. The van der Waals surface area contributed by atoms with Gasteiger partial charge in [-0.2, -0.15) is 0 Å². The van der Waals surface area contributed by atoms with E-state index in [4.69, 9.17) is 32.7 Å². The minimum Gasteiger partial charge on any atom is -0.490 e. The Morgan fingerprint density at radius 3 is 2.21 bits per heavy atom. The van der Waals surface area contributed by atoms with Crippen molar-refractivity contribution in [1.29, 1.82) is 0 Å². The summed E-state index contributed by atoms with van der Waals surface area (Å²) in [6.45, 7) is 9.25. The van der Waals surface area contributed by atoms with E-state index in [0.717, 1.165) is 5.56 Å². The highest BCUT2D eigenvalue weighted by Gasteiger charge is 2.29. The lowest BCUT2D eigenvalue weighted by molar-refractivity contribution is -0.141. The van der Waals surface area contributed by atoms with E-state index in [0.29, 0.717) is 59.7 Å². The van der Waals surface area contributed by atoms with Crippen LogP contribution in [0.5, 0.6) is 11.5 Å². The van der Waals surface area contributed by atoms with E-state index < -0.39 is 6.04 Å². The molecule has 1 N–H and O–H groups in total. The molecule has 1 unspecified atom stereocenters. The van der Waals surface area contributed by atoms with Crippen molar-refractivity contribution in [2.24, 2.45) is 0 Å². The van der Waals surface area contributed by atoms with E-state index in [1.807, 2.05) is 45.9 Å². The number of benzene rings is 2. The maximum absolute atomic E-state index is 13.4. The molecule has 0 aliphatic heterocycles. The Labute approximate surface area is 212 Å². The van der Waals surface area contributed by atoms with Gasteiger partial charge in [0.15, 0.2) is 11.5 Å². The van der Waals surface area contributed by atoms with Crippen LogP contribution in [0, 0.1) is 0 Å². The molecule has 0 radical (unpaired) electrons. The molecular weight excluding hydrogens is 475 g/mol. The molecule has 0 heterocycles. The van der Waals surface area contributed by atoms with Gasteiger partial charge in [-0.15, -0.1) is 0 Å². The summed E-state index contributed by atoms with van der Waals surface area (Å²) in [5.41, 5.74) is 1.57. The van der Waals surface area contributed by atoms with Crippen molar-refractivity contribution >= 4 is 35.0 Å². The summed E-state index contributed by atoms with van der Waals surface area (Å²) in [6.07, 6.45) is 1.18. The summed E-state index contributed by atoms with van der Waals surface area (Å²) < 4.78 is 11.3. The van der Waals surface area contributed by atoms with Crippen LogP contribution in [0.15, 0.2) is 36.4 Å². The molecule has 186 valence electrons. The third kappa shape index (κ3) is 7.54. The van der Waals surface area contributed by atoms with E-state index in [-0.39, 0.29) is 24.8 Å². The van der Waals surface area contributed by atoms with Gasteiger partial charge in [-0.25, -0.2) is 0 Å². The molecule has 2 aromatic rings. The summed E-state index contributed by atoms with van der Waals surface area (Å²) in [5.74, 6) is 0.988. The molecule has 8 heteroatoms. The molecular formula is C26H34Cl2N2O4. The molecule has 2 aromatic carbocycles. The average molecular weight is 509 g/mol. The van der Waals surface area contributed by atoms with Crippen LogP contribution < -0.4 is 14.8 Å². The van der Waals surface area contributed by atoms with E-state index in [9.17, 15) is 9.59 Å². The number of nitrogens with one attached hydrogen (secondary N) is 1. The second-order valence-corrected chi connectivity index (χ2v) is 8.50. The van der Waals surface area contributed by atoms with Crippen molar-refractivity contribution in [1.82, 2.24) is 10.2 Å². The van der Waals surface area contributed by atoms with Gasteiger partial charge >= 0.3 is 0 Å². The van der Waals surface area contributed by atoms with Crippen molar-refractivity contribution in [3.8, 4) is 11.5 Å². The zero-order valence-electron chi connectivity index (χ0n) is 20.3. The van der Waals surface area contributed by atoms with Crippen molar-refractivity contribution in [2.75, 3.05) is 19.8 Å². The molecule has 34 heavy (non-hydrogen) atoms. The van der Waals surface area contributed by atoms with Crippen molar-refractivity contribution < 1.29 is 19.1 Å². The zero-order chi connectivity index (χ0) is 25.1. The van der Waals surface area contributed by atoms with Gasteiger partial charge in [0.1, 0.15) is 6.04 Å². The number of hydrogen-bond acceptors (Lipinski definition) is 4. The standard InChI is InChI=1S/C26H34Cl2N2O4/c1-5-22(26(32)29-6-2)30(17-19-20(27)10-9-11-21(19)28)25(31)15-13-18-12-14-23(33-7-3)24(16-18)34-8-4/h9-12,14,16,22H,5-8,13,15,17H2,1-4H3,(H,29,32). The van der Waals surface area contributed by atoms with Gasteiger partial charge in [0.25, 0.3) is 0 Å². The number of nitrogens with zero attached hydrogens (tertiary/aromatic N) is 1. The Morgan fingerprint density at radius 1 is 0.971 bits per heavy atom. The summed E-state index contributed by atoms with van der Waals surface area (Å²) >= 11 is 12.8. The molecule has 0 aromatic heterocycles. The smallest absolute Gasteiger partial charge is 0.242 e. The van der Waals surface area contributed by atoms with Gasteiger partial charge in [-0.05, 0) is 63.4 Å². The summed E-state index contributed by atoms with van der Waals surface area (Å²) in [6, 6.07) is 10.3. The van der Waals surface area contributed by atoms with Crippen molar-refractivity contribution in [3.63, 3.8) is 0 Å². The van der Waals surface area contributed by atoms with E-state index in [1.54, 1.807) is 23.1 Å². The Kier molecular flexibility index (Phi) is 11.5. The fourth-order valence-electron chi connectivity index (χ4n) is 3.71. The predicted octanol–water partition coefficient (Wildman–Crippen LogP) is 5.67. The molecule has 0 saturated heterocycles. The maximum atomic E-state index is 13.4. The number of halogens is 2. The zero-order valence-corrected chi connectivity index (χ0v) is 21.8. The lowest BCUT2D eigenvalue weighted by Gasteiger charge is -2.31. The Balaban J connectivity index is 2.27. The Bertz CT molecular complexity index is 948. The number of amides is 2. The van der Waals surface area contributed by atoms with Crippen LogP contribution in [0.25, 0.3) is 0 Å². The van der Waals surface area contributed by atoms with Gasteiger partial charge in [-0.1, -0.05) is 42.3 Å². The lowest BCUT2D eigenvalue weighted by atomic mass is 10.1. The van der Waals surface area contributed by atoms with Crippen molar-refractivity contribution in [3.05, 3.63) is 57.6 Å². The molecule has 6 nitrogen and oxygen atoms in total. The molecule has 2 amide bonds. The van der Waals surface area contributed by atoms with Gasteiger partial charge in [0.2, 0.25) is 11.8 Å². The topological polar surface area (TPSA) is 67.9 Å². The molecule has 2 rings (SSSR count). The third-order valence-corrected chi connectivity index (χ3v) is 6.07. The summed E-state index contributed by atoms with van der Waals surface area (Å²) in [7, 11) is 0. The number of hydrogen-bond donors (Lipinski definition) is 1. The third-order valence-electron chi connectivity index (χ3n) is 5.36. The van der Waals surface area contributed by atoms with Crippen LogP contribution in [0.1, 0.15) is 51.7 Å². The van der Waals surface area contributed by atoms with Gasteiger partial charge in [0.05, 0.1) is 13.2 Å². The van der Waals surface area contributed by atoms with E-state index in [2.05, 4.69) is 5.32 Å². The first kappa shape index (κ1) is 27.8. The quantitative estimate of drug-likeness (QED) is 0.378. The molecule has 1 atom stereocenters. The fraction of sp³-hybridized carbons (Fsp3) is 0.462. The highest BCUT2D eigenvalue weighted by Crippen LogP contribution is 2.30. The minimum atomic E-state index is -0.626. The van der Waals surface area contributed by atoms with Gasteiger partial charge in [-0.3, -0.25) is 9.59 Å². The molecule has 0 saturated carbocycles. The largest absolute Gasteiger partial charge is 0.490 e. The predicted molar refractivity (Wildman–Crippen MR) is 137 cm³/mol. The SMILES string of the molecule is CCNC(=O)C(CC)N(Cc1c(Cl)cccc1Cl)C(=O)CCc1ccc(OCC)c(OCC)c1. The van der Waals surface area contributed by atoms with Gasteiger partial charge in [0, 0.05) is 35.1 Å². The molecule has 0 spiro atoms. The van der Waals surface area contributed by atoms with Crippen LogP contribution >= 0.6 is 23.2 Å². The Morgan fingerprint density at radius 2 is 1.62 bits per heavy atom. The van der Waals surface area contributed by atoms with E-state index >= 15 is 0 Å². The first-order valence-electron chi connectivity index (χ1n) is 11.7. The average Bonchev–Trinajstić information content (AvgIpc) is 2.81. The summed E-state index contributed by atoms with van der Waals surface area (Å²) in [4.78, 5) is 27.8. The monoisotopic (exact) mass is 508 g/mol. The van der Waals surface area contributed by atoms with Crippen LogP contribution in [-0.2, 0) is 22.6 Å². The fourth-order valence-corrected chi connectivity index (χ4v) is 4.23. The maximum Gasteiger partial charge on any atom is 0.242 e. The minimum absolute atomic E-state index is 0.152. The molecule has 0 bridgehead atoms. The van der Waals surface area contributed by atoms with Crippen molar-refractivity contribution in [2.45, 2.75) is 59.5 Å². The second-order valence-electron chi connectivity index (χ2n) is 7.69. The number of likely N-dealkylation sites (N-methyl/N-ethyl adjacent to an activating group) is 1. The number of aryl methyl sites for hydroxylation is 1. The number of carbonyl (C=O) groups is 2. The first-order chi connectivity index (χ1) is 16.4. The van der Waals surface area contributed by atoms with Gasteiger partial charge < -0.3 is 19.7 Å². The van der Waals surface area contributed by atoms with Crippen LogP contribution in [0.4, 0.5) is 0 Å². The van der Waals surface area contributed by atoms with E-state index in [1.165, 1.54) is 0 Å². The first-order valence-corrected chi connectivity index (χ1v) is 12.5. The lowest BCUT2D eigenvalue weighted by Crippen LogP contribution is -2.49. The number of carbonyl (C=O) groups excluding carboxylic acids is 2. The molecule has 0 aliphatic rings. The highest BCUT2D eigenvalue weighted by atomic mass is 35.5. The van der Waals surface area contributed by atoms with Crippen LogP contribution in [0.2, 0.25) is 10.0 Å². The summed E-state index contributed by atoms with van der Waals surface area (Å²) in [5, 5.41) is 3.76. The second kappa shape index (κ2) is 14.1. The molecule has 0 fully saturated rings. The Hall–Kier alpha value is -2.44. The van der Waals surface area contributed by atoms with Crippen LogP contribution in [0.3, 0.4) is 0 Å². The normalized spacial score (nSPS) is 11.6. The highest BCUT2D eigenvalue weighted by molar-refractivity contribution is 6.36. The number of ether oxygens (including phenoxy) is 2. The van der Waals surface area contributed by atoms with Crippen LogP contribution in [-0.4, -0.2) is 42.5 Å². The molecule has 0 aliphatic carbocycles.